The van der Waals surface area contributed by atoms with Crippen molar-refractivity contribution in [3.05, 3.63) is 47.5 Å². The van der Waals surface area contributed by atoms with Crippen molar-refractivity contribution in [2.45, 2.75) is 58.5 Å². The highest BCUT2D eigenvalue weighted by molar-refractivity contribution is 5.74. The van der Waals surface area contributed by atoms with Gasteiger partial charge in [0.1, 0.15) is 22.3 Å². The van der Waals surface area contributed by atoms with Gasteiger partial charge >= 0.3 is 0 Å². The number of hydrogen-bond donors (Lipinski definition) is 0. The highest BCUT2D eigenvalue weighted by Gasteiger charge is 2.43. The predicted octanol–water partition coefficient (Wildman–Crippen LogP) is 5.13. The van der Waals surface area contributed by atoms with Crippen molar-refractivity contribution in [1.82, 2.24) is 15.0 Å². The zero-order valence-electron chi connectivity index (χ0n) is 15.6. The molecule has 1 aromatic heterocycles. The van der Waals surface area contributed by atoms with Crippen LogP contribution < -0.4 is 4.74 Å². The Bertz CT molecular complexity index is 924. The fraction of sp³-hybridized carbons (Fsp3) is 0.429. The van der Waals surface area contributed by atoms with Crippen molar-refractivity contribution in [3.8, 4) is 11.4 Å². The fourth-order valence-electron chi connectivity index (χ4n) is 3.32. The topological polar surface area (TPSA) is 39.9 Å². The summed E-state index contributed by atoms with van der Waals surface area (Å²) in [5, 5.41) is 9.33. The average Bonchev–Trinajstić information content (AvgIpc) is 3.04. The van der Waals surface area contributed by atoms with Gasteiger partial charge in [-0.25, -0.2) is 0 Å². The number of benzene rings is 2. The van der Waals surface area contributed by atoms with Gasteiger partial charge in [0.25, 0.3) is 0 Å². The van der Waals surface area contributed by atoms with Crippen LogP contribution >= 0.6 is 0 Å². The molecule has 1 aliphatic rings. The first-order valence-electron chi connectivity index (χ1n) is 9.08. The van der Waals surface area contributed by atoms with E-state index in [4.69, 9.17) is 4.74 Å². The van der Waals surface area contributed by atoms with Crippen LogP contribution in [-0.4, -0.2) is 15.0 Å². The fourth-order valence-corrected chi connectivity index (χ4v) is 3.32. The Balaban J connectivity index is 1.94. The minimum absolute atomic E-state index is 0.0978. The maximum absolute atomic E-state index is 6.20. The number of rotatable bonds is 4. The molecule has 1 atom stereocenters. The van der Waals surface area contributed by atoms with E-state index in [1.807, 2.05) is 24.3 Å². The minimum atomic E-state index is -0.212. The summed E-state index contributed by atoms with van der Waals surface area (Å²) in [4.78, 5) is 1.73. The maximum Gasteiger partial charge on any atom is 0.155 e. The lowest BCUT2D eigenvalue weighted by Gasteiger charge is -2.43. The van der Waals surface area contributed by atoms with E-state index in [-0.39, 0.29) is 11.0 Å². The van der Waals surface area contributed by atoms with E-state index in [1.165, 1.54) is 11.1 Å². The molecule has 2 heterocycles. The quantitative estimate of drug-likeness (QED) is 0.664. The molecule has 130 valence electrons. The van der Waals surface area contributed by atoms with Gasteiger partial charge in [-0.15, -0.1) is 15.0 Å². The van der Waals surface area contributed by atoms with E-state index in [0.717, 1.165) is 35.3 Å². The molecule has 0 spiro atoms. The molecular formula is C21H25N3O. The first-order valence-corrected chi connectivity index (χ1v) is 9.08. The third kappa shape index (κ3) is 2.35. The highest BCUT2D eigenvalue weighted by Crippen LogP contribution is 2.51. The Labute approximate surface area is 148 Å². The summed E-state index contributed by atoms with van der Waals surface area (Å²) in [5.74, 6) is 0.917. The Hall–Kier alpha value is -2.36. The van der Waals surface area contributed by atoms with Gasteiger partial charge in [0.05, 0.1) is 0 Å². The third-order valence-electron chi connectivity index (χ3n) is 5.81. The van der Waals surface area contributed by atoms with Gasteiger partial charge in [0.2, 0.25) is 0 Å². The van der Waals surface area contributed by atoms with E-state index in [9.17, 15) is 0 Å². The number of aromatic nitrogens is 3. The number of ether oxygens (including phenoxy) is 1. The average molecular weight is 335 g/mol. The van der Waals surface area contributed by atoms with Crippen molar-refractivity contribution in [2.24, 2.45) is 0 Å². The largest absolute Gasteiger partial charge is 0.480 e. The second-order valence-electron chi connectivity index (χ2n) is 7.77. The van der Waals surface area contributed by atoms with E-state index in [0.29, 0.717) is 0 Å². The molecule has 0 bridgehead atoms. The zero-order chi connectivity index (χ0) is 17.8. The van der Waals surface area contributed by atoms with Crippen LogP contribution in [0.25, 0.3) is 16.7 Å². The molecule has 0 saturated heterocycles. The van der Waals surface area contributed by atoms with E-state index in [2.05, 4.69) is 56.9 Å². The standard InChI is InChI=1S/C21H25N3O/c1-6-20(3,4)14-12-15-19(25-21(15,5)7-2)18(13-14)24-22-16-10-8-9-11-17(16)23-24/h8-13H,6-7H2,1-5H3. The van der Waals surface area contributed by atoms with Crippen LogP contribution in [-0.2, 0) is 11.0 Å². The Kier molecular flexibility index (Phi) is 3.43. The van der Waals surface area contributed by atoms with Crippen LogP contribution in [0.1, 0.15) is 58.6 Å². The van der Waals surface area contributed by atoms with Gasteiger partial charge < -0.3 is 4.74 Å². The van der Waals surface area contributed by atoms with Crippen LogP contribution in [0.4, 0.5) is 0 Å². The van der Waals surface area contributed by atoms with Crippen molar-refractivity contribution < 1.29 is 4.74 Å². The Morgan fingerprint density at radius 1 is 1.08 bits per heavy atom. The molecule has 2 aromatic carbocycles. The van der Waals surface area contributed by atoms with Gasteiger partial charge in [0.15, 0.2) is 5.75 Å². The molecule has 0 N–H and O–H groups in total. The summed E-state index contributed by atoms with van der Waals surface area (Å²) < 4.78 is 6.20. The summed E-state index contributed by atoms with van der Waals surface area (Å²) in [5.41, 5.74) is 5.20. The molecule has 1 aliphatic heterocycles. The van der Waals surface area contributed by atoms with E-state index in [1.54, 1.807) is 4.80 Å². The van der Waals surface area contributed by atoms with Crippen LogP contribution in [0.2, 0.25) is 0 Å². The van der Waals surface area contributed by atoms with Crippen LogP contribution in [0.15, 0.2) is 36.4 Å². The number of hydrogen-bond acceptors (Lipinski definition) is 3. The van der Waals surface area contributed by atoms with E-state index >= 15 is 0 Å². The van der Waals surface area contributed by atoms with Gasteiger partial charge in [0, 0.05) is 5.56 Å². The molecule has 0 aliphatic carbocycles. The van der Waals surface area contributed by atoms with Crippen molar-refractivity contribution in [2.75, 3.05) is 0 Å². The molecule has 0 amide bonds. The number of nitrogens with zero attached hydrogens (tertiary/aromatic N) is 3. The molecule has 1 unspecified atom stereocenters. The summed E-state index contributed by atoms with van der Waals surface area (Å²) in [6.45, 7) is 11.1. The smallest absolute Gasteiger partial charge is 0.155 e. The summed E-state index contributed by atoms with van der Waals surface area (Å²) in [6, 6.07) is 12.5. The van der Waals surface area contributed by atoms with Crippen molar-refractivity contribution in [1.29, 1.82) is 0 Å². The summed E-state index contributed by atoms with van der Waals surface area (Å²) >= 11 is 0. The minimum Gasteiger partial charge on any atom is -0.480 e. The predicted molar refractivity (Wildman–Crippen MR) is 100 cm³/mol. The molecule has 25 heavy (non-hydrogen) atoms. The van der Waals surface area contributed by atoms with Crippen molar-refractivity contribution >= 4 is 11.0 Å². The van der Waals surface area contributed by atoms with Crippen LogP contribution in [0.3, 0.4) is 0 Å². The van der Waals surface area contributed by atoms with Gasteiger partial charge in [-0.2, -0.15) is 0 Å². The SMILES string of the molecule is CCC(C)(C)c1cc(-n2nc3ccccc3n2)c2c(c1)C(C)(CC)O2. The van der Waals surface area contributed by atoms with Gasteiger partial charge in [-0.1, -0.05) is 39.8 Å². The molecular weight excluding hydrogens is 310 g/mol. The highest BCUT2D eigenvalue weighted by atomic mass is 16.5. The van der Waals surface area contributed by atoms with E-state index < -0.39 is 0 Å². The molecule has 0 saturated carbocycles. The monoisotopic (exact) mass is 335 g/mol. The van der Waals surface area contributed by atoms with Gasteiger partial charge in [-0.05, 0) is 55.0 Å². The van der Waals surface area contributed by atoms with Crippen LogP contribution in [0.5, 0.6) is 5.75 Å². The molecule has 4 nitrogen and oxygen atoms in total. The normalized spacial score (nSPS) is 19.4. The lowest BCUT2D eigenvalue weighted by molar-refractivity contribution is 0.0274. The molecule has 0 radical (unpaired) electrons. The third-order valence-corrected chi connectivity index (χ3v) is 5.81. The summed E-state index contributed by atoms with van der Waals surface area (Å²) in [7, 11) is 0. The Morgan fingerprint density at radius 2 is 1.72 bits per heavy atom. The second kappa shape index (κ2) is 5.32. The zero-order valence-corrected chi connectivity index (χ0v) is 15.6. The first kappa shape index (κ1) is 16.1. The lowest BCUT2D eigenvalue weighted by atomic mass is 9.77. The second-order valence-corrected chi connectivity index (χ2v) is 7.77. The van der Waals surface area contributed by atoms with Crippen molar-refractivity contribution in [3.63, 3.8) is 0 Å². The molecule has 3 aromatic rings. The lowest BCUT2D eigenvalue weighted by Crippen LogP contribution is -2.39. The molecule has 0 fully saturated rings. The first-order chi connectivity index (χ1) is 11.9. The summed E-state index contributed by atoms with van der Waals surface area (Å²) in [6.07, 6.45) is 2.02. The molecule has 4 heteroatoms. The Morgan fingerprint density at radius 3 is 2.28 bits per heavy atom. The van der Waals surface area contributed by atoms with Crippen LogP contribution in [0, 0.1) is 0 Å². The maximum atomic E-state index is 6.20. The van der Waals surface area contributed by atoms with Gasteiger partial charge in [-0.3, -0.25) is 0 Å². The molecule has 4 rings (SSSR count). The number of fused-ring (bicyclic) bond motifs is 2.